The van der Waals surface area contributed by atoms with Crippen molar-refractivity contribution in [3.8, 4) is 5.75 Å². The molecule has 1 fully saturated rings. The molecule has 1 saturated heterocycles. The quantitative estimate of drug-likeness (QED) is 0.897. The molecule has 2 aromatic rings. The van der Waals surface area contributed by atoms with Gasteiger partial charge in [0.25, 0.3) is 5.91 Å². The number of nitrogens with one attached hydrogen (secondary N) is 1. The Balaban J connectivity index is 1.67. The van der Waals surface area contributed by atoms with Crippen molar-refractivity contribution in [2.75, 3.05) is 45.2 Å². The largest absolute Gasteiger partial charge is 0.492 e. The molecule has 1 aromatic carbocycles. The first-order valence-electron chi connectivity index (χ1n) is 8.46. The first-order valence-corrected chi connectivity index (χ1v) is 8.46. The summed E-state index contributed by atoms with van der Waals surface area (Å²) in [6, 6.07) is 7.64. The van der Waals surface area contributed by atoms with Gasteiger partial charge in [-0.2, -0.15) is 0 Å². The summed E-state index contributed by atoms with van der Waals surface area (Å²) in [5, 5.41) is 3.18. The fourth-order valence-electron chi connectivity index (χ4n) is 2.66. The van der Waals surface area contributed by atoms with E-state index < -0.39 is 0 Å². The number of anilines is 2. The average molecular weight is 341 g/mol. The van der Waals surface area contributed by atoms with Crippen LogP contribution in [0, 0.1) is 0 Å². The van der Waals surface area contributed by atoms with Crippen LogP contribution >= 0.6 is 0 Å². The summed E-state index contributed by atoms with van der Waals surface area (Å²) >= 11 is 0. The Morgan fingerprint density at radius 3 is 2.60 bits per heavy atom. The molecule has 1 aliphatic rings. The number of carbonyl (C=O) groups excluding carboxylic acids is 1. The second kappa shape index (κ2) is 7.94. The molecule has 1 amide bonds. The molecule has 3 rings (SSSR count). The zero-order valence-electron chi connectivity index (χ0n) is 14.6. The van der Waals surface area contributed by atoms with E-state index in [9.17, 15) is 4.79 Å². The van der Waals surface area contributed by atoms with E-state index in [0.717, 1.165) is 37.6 Å². The number of nitrogens with zero attached hydrogens (tertiary/aromatic N) is 4. The van der Waals surface area contributed by atoms with Gasteiger partial charge in [-0.05, 0) is 26.1 Å². The molecule has 25 heavy (non-hydrogen) atoms. The Kier molecular flexibility index (Phi) is 5.45. The SMILES string of the molecule is CCOc1ccccc1Nc1cnc(C(=O)N2CCN(C)CC2)cn1. The van der Waals surface area contributed by atoms with Crippen molar-refractivity contribution in [3.05, 3.63) is 42.4 Å². The highest BCUT2D eigenvalue weighted by atomic mass is 16.5. The van der Waals surface area contributed by atoms with Gasteiger partial charge in [0.1, 0.15) is 17.3 Å². The van der Waals surface area contributed by atoms with Gasteiger partial charge in [0.15, 0.2) is 0 Å². The van der Waals surface area contributed by atoms with Crippen molar-refractivity contribution in [2.45, 2.75) is 6.92 Å². The zero-order chi connectivity index (χ0) is 17.6. The number of hydrogen-bond acceptors (Lipinski definition) is 6. The number of para-hydroxylation sites is 2. The smallest absolute Gasteiger partial charge is 0.274 e. The molecule has 1 N–H and O–H groups in total. The highest BCUT2D eigenvalue weighted by Gasteiger charge is 2.21. The standard InChI is InChI=1S/C18H23N5O2/c1-3-25-16-7-5-4-6-14(16)21-17-13-19-15(12-20-17)18(24)23-10-8-22(2)9-11-23/h4-7,12-13H,3,8-11H2,1-2H3,(H,20,21). The molecular formula is C18H23N5O2. The maximum atomic E-state index is 12.5. The number of piperazine rings is 1. The van der Waals surface area contributed by atoms with Crippen molar-refractivity contribution in [3.63, 3.8) is 0 Å². The van der Waals surface area contributed by atoms with Gasteiger partial charge in [0.05, 0.1) is 24.7 Å². The number of likely N-dealkylation sites (N-methyl/N-ethyl adjacent to an activating group) is 1. The summed E-state index contributed by atoms with van der Waals surface area (Å²) in [6.45, 7) is 5.73. The molecular weight excluding hydrogens is 318 g/mol. The first kappa shape index (κ1) is 17.2. The molecule has 1 aliphatic heterocycles. The minimum absolute atomic E-state index is 0.0677. The topological polar surface area (TPSA) is 70.6 Å². The minimum Gasteiger partial charge on any atom is -0.492 e. The van der Waals surface area contributed by atoms with Crippen molar-refractivity contribution < 1.29 is 9.53 Å². The Hall–Kier alpha value is -2.67. The predicted octanol–water partition coefficient (Wildman–Crippen LogP) is 2.01. The molecule has 7 heteroatoms. The zero-order valence-corrected chi connectivity index (χ0v) is 14.6. The van der Waals surface area contributed by atoms with Gasteiger partial charge >= 0.3 is 0 Å². The van der Waals surface area contributed by atoms with E-state index in [0.29, 0.717) is 18.1 Å². The second-order valence-corrected chi connectivity index (χ2v) is 5.94. The third-order valence-electron chi connectivity index (χ3n) is 4.11. The lowest BCUT2D eigenvalue weighted by Crippen LogP contribution is -2.47. The molecule has 0 aliphatic carbocycles. The van der Waals surface area contributed by atoms with Crippen LogP contribution in [0.3, 0.4) is 0 Å². The van der Waals surface area contributed by atoms with E-state index in [1.807, 2.05) is 36.1 Å². The fourth-order valence-corrected chi connectivity index (χ4v) is 2.66. The average Bonchev–Trinajstić information content (AvgIpc) is 2.64. The van der Waals surface area contributed by atoms with E-state index in [4.69, 9.17) is 4.74 Å². The van der Waals surface area contributed by atoms with Crippen LogP contribution < -0.4 is 10.1 Å². The highest BCUT2D eigenvalue weighted by Crippen LogP contribution is 2.26. The number of aromatic nitrogens is 2. The Labute approximate surface area is 147 Å². The molecule has 7 nitrogen and oxygen atoms in total. The van der Waals surface area contributed by atoms with Crippen molar-refractivity contribution in [1.29, 1.82) is 0 Å². The number of rotatable bonds is 5. The highest BCUT2D eigenvalue weighted by molar-refractivity contribution is 5.92. The van der Waals surface area contributed by atoms with E-state index in [-0.39, 0.29) is 5.91 Å². The van der Waals surface area contributed by atoms with Crippen LogP contribution in [0.5, 0.6) is 5.75 Å². The summed E-state index contributed by atoms with van der Waals surface area (Å²) < 4.78 is 5.58. The second-order valence-electron chi connectivity index (χ2n) is 5.94. The number of benzene rings is 1. The monoisotopic (exact) mass is 341 g/mol. The number of ether oxygens (including phenoxy) is 1. The van der Waals surface area contributed by atoms with Crippen LogP contribution in [0.25, 0.3) is 0 Å². The molecule has 0 spiro atoms. The molecule has 132 valence electrons. The summed E-state index contributed by atoms with van der Waals surface area (Å²) in [4.78, 5) is 25.1. The van der Waals surface area contributed by atoms with Crippen LogP contribution in [0.4, 0.5) is 11.5 Å². The lowest BCUT2D eigenvalue weighted by Gasteiger charge is -2.32. The summed E-state index contributed by atoms with van der Waals surface area (Å²) in [7, 11) is 2.06. The summed E-state index contributed by atoms with van der Waals surface area (Å²) in [6.07, 6.45) is 3.10. The third kappa shape index (κ3) is 4.24. The van der Waals surface area contributed by atoms with E-state index in [1.54, 1.807) is 6.20 Å². The van der Waals surface area contributed by atoms with Gasteiger partial charge in [-0.3, -0.25) is 4.79 Å². The van der Waals surface area contributed by atoms with Crippen molar-refractivity contribution >= 4 is 17.4 Å². The minimum atomic E-state index is -0.0677. The number of hydrogen-bond donors (Lipinski definition) is 1. The summed E-state index contributed by atoms with van der Waals surface area (Å²) in [5.74, 6) is 1.26. The third-order valence-corrected chi connectivity index (χ3v) is 4.11. The Morgan fingerprint density at radius 2 is 1.92 bits per heavy atom. The van der Waals surface area contributed by atoms with Gasteiger partial charge in [0, 0.05) is 26.2 Å². The lowest BCUT2D eigenvalue weighted by molar-refractivity contribution is 0.0658. The van der Waals surface area contributed by atoms with E-state index in [1.165, 1.54) is 6.20 Å². The normalized spacial score (nSPS) is 15.0. The van der Waals surface area contributed by atoms with Crippen LogP contribution in [-0.2, 0) is 0 Å². The van der Waals surface area contributed by atoms with Crippen LogP contribution in [0.1, 0.15) is 17.4 Å². The van der Waals surface area contributed by atoms with Gasteiger partial charge < -0.3 is 19.9 Å². The van der Waals surface area contributed by atoms with Crippen molar-refractivity contribution in [1.82, 2.24) is 19.8 Å². The number of amides is 1. The van der Waals surface area contributed by atoms with Crippen molar-refractivity contribution in [2.24, 2.45) is 0 Å². The van der Waals surface area contributed by atoms with Crippen LogP contribution in [0.2, 0.25) is 0 Å². The first-order chi connectivity index (χ1) is 12.2. The molecule has 0 radical (unpaired) electrons. The number of carbonyl (C=O) groups is 1. The van der Waals surface area contributed by atoms with Gasteiger partial charge in [-0.15, -0.1) is 0 Å². The Morgan fingerprint density at radius 1 is 1.16 bits per heavy atom. The lowest BCUT2D eigenvalue weighted by atomic mass is 10.3. The van der Waals surface area contributed by atoms with Gasteiger partial charge in [-0.1, -0.05) is 12.1 Å². The van der Waals surface area contributed by atoms with E-state index >= 15 is 0 Å². The van der Waals surface area contributed by atoms with E-state index in [2.05, 4.69) is 27.2 Å². The van der Waals surface area contributed by atoms with Crippen LogP contribution in [-0.4, -0.2) is 65.5 Å². The predicted molar refractivity (Wildman–Crippen MR) is 96.3 cm³/mol. The summed E-state index contributed by atoms with van der Waals surface area (Å²) in [5.41, 5.74) is 1.19. The van der Waals surface area contributed by atoms with Gasteiger partial charge in [-0.25, -0.2) is 9.97 Å². The fraction of sp³-hybridized carbons (Fsp3) is 0.389. The van der Waals surface area contributed by atoms with Gasteiger partial charge in [0.2, 0.25) is 0 Å². The van der Waals surface area contributed by atoms with Crippen LogP contribution in [0.15, 0.2) is 36.7 Å². The molecule has 2 heterocycles. The molecule has 0 bridgehead atoms. The molecule has 0 unspecified atom stereocenters. The molecule has 0 atom stereocenters. The molecule has 0 saturated carbocycles. The maximum absolute atomic E-state index is 12.5. The maximum Gasteiger partial charge on any atom is 0.274 e. The Bertz CT molecular complexity index is 712. The molecule has 1 aromatic heterocycles.